The van der Waals surface area contributed by atoms with Crippen molar-refractivity contribution in [3.05, 3.63) is 121 Å². The van der Waals surface area contributed by atoms with E-state index in [1.165, 1.54) is 4.90 Å². The number of carbonyl (C=O) groups excluding carboxylic acids is 3. The minimum absolute atomic E-state index is 0.167. The molecule has 3 aliphatic heterocycles. The number of methoxy groups -OCH3 is 1. The van der Waals surface area contributed by atoms with Crippen LogP contribution in [0.15, 0.2) is 110 Å². The van der Waals surface area contributed by atoms with Gasteiger partial charge < -0.3 is 29.3 Å². The van der Waals surface area contributed by atoms with Gasteiger partial charge in [0.2, 0.25) is 11.8 Å². The number of halogens is 1. The molecule has 2 bridgehead atoms. The number of benzene rings is 3. The summed E-state index contributed by atoms with van der Waals surface area (Å²) in [6.07, 6.45) is 3.34. The molecule has 9 nitrogen and oxygen atoms in total. The van der Waals surface area contributed by atoms with E-state index >= 15 is 4.79 Å². The molecule has 3 aliphatic rings. The van der Waals surface area contributed by atoms with Crippen molar-refractivity contribution in [3.8, 4) is 5.75 Å². The summed E-state index contributed by atoms with van der Waals surface area (Å²) in [4.78, 5) is 49.2. The summed E-state index contributed by atoms with van der Waals surface area (Å²) in [5, 5.41) is 10.9. The largest absolute Gasteiger partial charge is 0.497 e. The quantitative estimate of drug-likeness (QED) is 0.190. The Kier molecular flexibility index (Phi) is 10.4. The van der Waals surface area contributed by atoms with Crippen LogP contribution in [0.5, 0.6) is 5.75 Å². The van der Waals surface area contributed by atoms with E-state index in [0.29, 0.717) is 30.8 Å². The number of carbonyl (C=O) groups is 3. The monoisotopic (exact) mass is 727 g/mol. The van der Waals surface area contributed by atoms with Gasteiger partial charge in [-0.15, -0.1) is 13.2 Å². The SMILES string of the molecule is C=CCN(Cc1ccccc1)C(=O)[C@H]1[C@@H]2OC3(CC2Br)C(C(=O)N(CC=C)c2ccc(OC)cc2)N([C@@H](CO)Cc2ccccc2)C(=O)[C@H]13. The molecule has 3 fully saturated rings. The van der Waals surface area contributed by atoms with Crippen molar-refractivity contribution >= 4 is 39.3 Å². The predicted molar refractivity (Wildman–Crippen MR) is 191 cm³/mol. The van der Waals surface area contributed by atoms with E-state index in [1.54, 1.807) is 53.3 Å². The highest BCUT2D eigenvalue weighted by Crippen LogP contribution is 2.61. The number of likely N-dealkylation sites (tertiary alicyclic amines) is 1. The second-order valence-electron chi connectivity index (χ2n) is 12.9. The Bertz CT molecular complexity index is 1670. The van der Waals surface area contributed by atoms with Gasteiger partial charge in [-0.25, -0.2) is 0 Å². The number of hydrogen-bond acceptors (Lipinski definition) is 6. The summed E-state index contributed by atoms with van der Waals surface area (Å²) in [7, 11) is 1.57. The molecule has 3 saturated heterocycles. The number of anilines is 1. The molecule has 6 rings (SSSR count). The average Bonchev–Trinajstić information content (AvgIpc) is 3.73. The molecule has 49 heavy (non-hydrogen) atoms. The fourth-order valence-electron chi connectivity index (χ4n) is 7.92. The van der Waals surface area contributed by atoms with Gasteiger partial charge in [0.05, 0.1) is 37.7 Å². The molecule has 0 aromatic heterocycles. The standard InChI is InChI=1S/C39H42BrN3O6/c1-4-20-41(24-27-14-10-7-11-15-27)36(45)32-33-37(46)43(29(25-44)22-26-12-8-6-9-13-26)35(39(33)23-31(40)34(32)49-39)38(47)42(21-5-2)28-16-18-30(48-3)19-17-28/h4-19,29,31-35,44H,1-2,20-25H2,3H3/t29-,31?,32-,33+,34-,35?,39?/m1/s1. The Labute approximate surface area is 295 Å². The molecular weight excluding hydrogens is 686 g/mol. The molecule has 3 aromatic carbocycles. The zero-order valence-corrected chi connectivity index (χ0v) is 29.2. The van der Waals surface area contributed by atoms with Crippen LogP contribution in [0.2, 0.25) is 0 Å². The van der Waals surface area contributed by atoms with E-state index in [1.807, 2.05) is 60.7 Å². The van der Waals surface area contributed by atoms with Gasteiger partial charge in [0, 0.05) is 30.1 Å². The maximum Gasteiger partial charge on any atom is 0.253 e. The van der Waals surface area contributed by atoms with Gasteiger partial charge >= 0.3 is 0 Å². The lowest BCUT2D eigenvalue weighted by atomic mass is 9.70. The smallest absolute Gasteiger partial charge is 0.253 e. The first-order chi connectivity index (χ1) is 23.8. The van der Waals surface area contributed by atoms with Crippen molar-refractivity contribution in [2.45, 2.75) is 48.0 Å². The lowest BCUT2D eigenvalue weighted by molar-refractivity contribution is -0.147. The summed E-state index contributed by atoms with van der Waals surface area (Å²) in [6, 6.07) is 24.5. The summed E-state index contributed by atoms with van der Waals surface area (Å²) >= 11 is 3.79. The molecule has 3 unspecified atom stereocenters. The van der Waals surface area contributed by atoms with Crippen LogP contribution in [0.4, 0.5) is 5.69 Å². The molecule has 3 amide bonds. The van der Waals surface area contributed by atoms with Crippen LogP contribution in [0.3, 0.4) is 0 Å². The zero-order valence-electron chi connectivity index (χ0n) is 27.6. The lowest BCUT2D eigenvalue weighted by Gasteiger charge is -2.39. The van der Waals surface area contributed by atoms with Crippen molar-refractivity contribution in [1.82, 2.24) is 9.80 Å². The zero-order chi connectivity index (χ0) is 34.7. The number of fused-ring (bicyclic) bond motifs is 1. The van der Waals surface area contributed by atoms with E-state index in [-0.39, 0.29) is 42.2 Å². The van der Waals surface area contributed by atoms with Gasteiger partial charge in [0.25, 0.3) is 5.91 Å². The fraction of sp³-hybridized carbons (Fsp3) is 0.359. The third-order valence-corrected chi connectivity index (χ3v) is 10.8. The topological polar surface area (TPSA) is 99.6 Å². The molecule has 3 heterocycles. The van der Waals surface area contributed by atoms with Crippen LogP contribution in [0.1, 0.15) is 17.5 Å². The molecule has 3 aromatic rings. The molecule has 1 N–H and O–H groups in total. The maximum absolute atomic E-state index is 15.1. The fourth-order valence-corrected chi connectivity index (χ4v) is 8.87. The molecule has 10 heteroatoms. The third kappa shape index (κ3) is 6.33. The van der Waals surface area contributed by atoms with Crippen molar-refractivity contribution in [2.75, 3.05) is 31.7 Å². The Morgan fingerprint density at radius 1 is 1.00 bits per heavy atom. The van der Waals surface area contributed by atoms with E-state index in [9.17, 15) is 14.7 Å². The minimum Gasteiger partial charge on any atom is -0.497 e. The minimum atomic E-state index is -1.31. The summed E-state index contributed by atoms with van der Waals surface area (Å²) in [6.45, 7) is 8.19. The number of aliphatic hydroxyl groups excluding tert-OH is 1. The number of hydrogen-bond donors (Lipinski definition) is 1. The second kappa shape index (κ2) is 14.7. The summed E-state index contributed by atoms with van der Waals surface area (Å²) < 4.78 is 12.2. The van der Waals surface area contributed by atoms with Crippen LogP contribution in [0, 0.1) is 11.8 Å². The molecule has 256 valence electrons. The average molecular weight is 729 g/mol. The van der Waals surface area contributed by atoms with E-state index in [0.717, 1.165) is 11.1 Å². The highest BCUT2D eigenvalue weighted by Gasteiger charge is 2.77. The molecule has 0 aliphatic carbocycles. The van der Waals surface area contributed by atoms with Gasteiger partial charge in [0.15, 0.2) is 0 Å². The van der Waals surface area contributed by atoms with Gasteiger partial charge in [-0.1, -0.05) is 88.7 Å². The van der Waals surface area contributed by atoms with Crippen molar-refractivity contribution in [3.63, 3.8) is 0 Å². The first-order valence-corrected chi connectivity index (χ1v) is 17.5. The molecule has 1 spiro atoms. The first kappa shape index (κ1) is 34.6. The number of nitrogens with zero attached hydrogens (tertiary/aromatic N) is 3. The van der Waals surface area contributed by atoms with Crippen LogP contribution in [-0.2, 0) is 32.1 Å². The van der Waals surface area contributed by atoms with Crippen molar-refractivity contribution < 1.29 is 29.0 Å². The van der Waals surface area contributed by atoms with Crippen molar-refractivity contribution in [2.24, 2.45) is 11.8 Å². The van der Waals surface area contributed by atoms with E-state index in [4.69, 9.17) is 9.47 Å². The van der Waals surface area contributed by atoms with E-state index < -0.39 is 35.6 Å². The number of aliphatic hydroxyl groups is 1. The molecule has 0 radical (unpaired) electrons. The highest BCUT2D eigenvalue weighted by atomic mass is 79.9. The summed E-state index contributed by atoms with van der Waals surface area (Å²) in [5.74, 6) is -2.10. The van der Waals surface area contributed by atoms with Crippen molar-refractivity contribution in [1.29, 1.82) is 0 Å². The van der Waals surface area contributed by atoms with Crippen LogP contribution in [0.25, 0.3) is 0 Å². The normalized spacial score (nSPS) is 25.8. The van der Waals surface area contributed by atoms with Gasteiger partial charge in [0.1, 0.15) is 17.4 Å². The molecule has 7 atom stereocenters. The summed E-state index contributed by atoms with van der Waals surface area (Å²) in [5.41, 5.74) is 1.14. The van der Waals surface area contributed by atoms with E-state index in [2.05, 4.69) is 29.1 Å². The van der Waals surface area contributed by atoms with Gasteiger partial charge in [-0.3, -0.25) is 14.4 Å². The van der Waals surface area contributed by atoms with Gasteiger partial charge in [-0.2, -0.15) is 0 Å². The second-order valence-corrected chi connectivity index (χ2v) is 14.0. The Hall–Kier alpha value is -4.25. The Morgan fingerprint density at radius 2 is 1.63 bits per heavy atom. The maximum atomic E-state index is 15.1. The van der Waals surface area contributed by atoms with Gasteiger partial charge in [-0.05, 0) is 48.2 Å². The number of alkyl halides is 1. The predicted octanol–water partition coefficient (Wildman–Crippen LogP) is 4.78. The van der Waals surface area contributed by atoms with Crippen LogP contribution < -0.4 is 9.64 Å². The number of rotatable bonds is 14. The van der Waals surface area contributed by atoms with Crippen LogP contribution in [-0.4, -0.2) is 88.0 Å². The lowest BCUT2D eigenvalue weighted by Crippen LogP contribution is -2.59. The number of ether oxygens (including phenoxy) is 2. The highest BCUT2D eigenvalue weighted by molar-refractivity contribution is 9.09. The molecule has 0 saturated carbocycles. The third-order valence-electron chi connectivity index (χ3n) is 10.0. The molecular formula is C39H42BrN3O6. The Balaban J connectivity index is 1.44. The number of amides is 3. The Morgan fingerprint density at radius 3 is 2.22 bits per heavy atom. The van der Waals surface area contributed by atoms with Crippen LogP contribution >= 0.6 is 15.9 Å². The first-order valence-electron chi connectivity index (χ1n) is 16.6.